The average Bonchev–Trinajstić information content (AvgIpc) is 2.65. The van der Waals surface area contributed by atoms with Crippen LogP contribution in [0.25, 0.3) is 0 Å². The summed E-state index contributed by atoms with van der Waals surface area (Å²) in [6.07, 6.45) is 9.23. The highest BCUT2D eigenvalue weighted by Gasteiger charge is 2.22. The molecule has 1 N–H and O–H groups in total. The number of nitrogens with zero attached hydrogens (tertiary/aromatic N) is 1. The molecule has 0 atom stereocenters. The fourth-order valence-electron chi connectivity index (χ4n) is 4.06. The van der Waals surface area contributed by atoms with E-state index < -0.39 is 0 Å². The molecule has 1 aliphatic carbocycles. The third-order valence-electron chi connectivity index (χ3n) is 5.64. The molecule has 1 aliphatic heterocycles. The van der Waals surface area contributed by atoms with Gasteiger partial charge in [0.2, 0.25) is 5.91 Å². The average molecular weight is 379 g/mol. The standard InChI is InChI=1S/C21H31ClN2O2/c22-18-6-8-20(9-7-18)26-15-14-24-12-10-19(11-13-24)23-21(25)16-17-4-2-1-3-5-17/h6-9,17,19H,1-5,10-16H2,(H,23,25). The van der Waals surface area contributed by atoms with Crippen LogP contribution in [-0.2, 0) is 4.79 Å². The Morgan fingerprint density at radius 3 is 2.46 bits per heavy atom. The van der Waals surface area contributed by atoms with Crippen LogP contribution in [0.15, 0.2) is 24.3 Å². The zero-order chi connectivity index (χ0) is 18.2. The van der Waals surface area contributed by atoms with E-state index in [1.165, 1.54) is 32.1 Å². The van der Waals surface area contributed by atoms with Crippen molar-refractivity contribution in [1.29, 1.82) is 0 Å². The molecule has 0 spiro atoms. The second kappa shape index (κ2) is 10.2. The monoisotopic (exact) mass is 378 g/mol. The van der Waals surface area contributed by atoms with E-state index in [-0.39, 0.29) is 5.91 Å². The lowest BCUT2D eigenvalue weighted by molar-refractivity contribution is -0.123. The van der Waals surface area contributed by atoms with Gasteiger partial charge in [0.1, 0.15) is 12.4 Å². The molecule has 1 saturated carbocycles. The third-order valence-corrected chi connectivity index (χ3v) is 5.89. The summed E-state index contributed by atoms with van der Waals surface area (Å²) >= 11 is 5.88. The van der Waals surface area contributed by atoms with Crippen molar-refractivity contribution in [2.45, 2.75) is 57.4 Å². The Morgan fingerprint density at radius 1 is 1.08 bits per heavy atom. The fourth-order valence-corrected chi connectivity index (χ4v) is 4.19. The highest BCUT2D eigenvalue weighted by molar-refractivity contribution is 6.30. The lowest BCUT2D eigenvalue weighted by Crippen LogP contribution is -2.45. The molecule has 2 aliphatic rings. The lowest BCUT2D eigenvalue weighted by Gasteiger charge is -2.32. The number of halogens is 1. The Kier molecular flexibility index (Phi) is 7.63. The van der Waals surface area contributed by atoms with E-state index >= 15 is 0 Å². The predicted octanol–water partition coefficient (Wildman–Crippen LogP) is 4.27. The molecule has 0 radical (unpaired) electrons. The molecule has 0 aromatic heterocycles. The van der Waals surface area contributed by atoms with Gasteiger partial charge in [-0.1, -0.05) is 30.9 Å². The van der Waals surface area contributed by atoms with Crippen LogP contribution in [0.2, 0.25) is 5.02 Å². The molecule has 26 heavy (non-hydrogen) atoms. The number of carbonyl (C=O) groups is 1. The van der Waals surface area contributed by atoms with Crippen LogP contribution in [0.3, 0.4) is 0 Å². The summed E-state index contributed by atoms with van der Waals surface area (Å²) < 4.78 is 5.77. The number of nitrogens with one attached hydrogen (secondary N) is 1. The van der Waals surface area contributed by atoms with E-state index in [9.17, 15) is 4.79 Å². The smallest absolute Gasteiger partial charge is 0.220 e. The number of hydrogen-bond donors (Lipinski definition) is 1. The van der Waals surface area contributed by atoms with Crippen LogP contribution in [0.4, 0.5) is 0 Å². The second-order valence-corrected chi connectivity index (χ2v) is 8.13. The Hall–Kier alpha value is -1.26. The zero-order valence-electron chi connectivity index (χ0n) is 15.6. The number of benzene rings is 1. The Morgan fingerprint density at radius 2 is 1.77 bits per heavy atom. The summed E-state index contributed by atoms with van der Waals surface area (Å²) in [5.74, 6) is 1.74. The first-order chi connectivity index (χ1) is 12.7. The van der Waals surface area contributed by atoms with E-state index in [0.717, 1.165) is 49.7 Å². The molecule has 3 rings (SSSR count). The van der Waals surface area contributed by atoms with E-state index in [4.69, 9.17) is 16.3 Å². The predicted molar refractivity (Wildman–Crippen MR) is 106 cm³/mol. The third kappa shape index (κ3) is 6.48. The molecule has 4 nitrogen and oxygen atoms in total. The maximum absolute atomic E-state index is 12.3. The van der Waals surface area contributed by atoms with Crippen molar-refractivity contribution in [3.63, 3.8) is 0 Å². The highest BCUT2D eigenvalue weighted by Crippen LogP contribution is 2.26. The summed E-state index contributed by atoms with van der Waals surface area (Å²) in [6, 6.07) is 7.84. The van der Waals surface area contributed by atoms with Crippen LogP contribution >= 0.6 is 11.6 Å². The minimum absolute atomic E-state index is 0.265. The maximum atomic E-state index is 12.3. The quantitative estimate of drug-likeness (QED) is 0.770. The summed E-state index contributed by atoms with van der Waals surface area (Å²) in [5, 5.41) is 3.99. The molecule has 5 heteroatoms. The minimum atomic E-state index is 0.265. The van der Waals surface area contributed by atoms with Crippen molar-refractivity contribution >= 4 is 17.5 Å². The number of hydrogen-bond acceptors (Lipinski definition) is 3. The Labute approximate surface area is 162 Å². The van der Waals surface area contributed by atoms with E-state index in [0.29, 0.717) is 18.6 Å². The summed E-state index contributed by atoms with van der Waals surface area (Å²) in [7, 11) is 0. The first-order valence-corrected chi connectivity index (χ1v) is 10.5. The van der Waals surface area contributed by atoms with Crippen LogP contribution in [0.5, 0.6) is 5.75 Å². The normalized spacial score (nSPS) is 20.0. The molecule has 1 saturated heterocycles. The van der Waals surface area contributed by atoms with Gasteiger partial charge < -0.3 is 10.1 Å². The number of likely N-dealkylation sites (tertiary alicyclic amines) is 1. The first kappa shape index (κ1) is 19.5. The minimum Gasteiger partial charge on any atom is -0.492 e. The van der Waals surface area contributed by atoms with Crippen molar-refractivity contribution in [3.05, 3.63) is 29.3 Å². The van der Waals surface area contributed by atoms with Crippen LogP contribution in [0.1, 0.15) is 51.4 Å². The largest absolute Gasteiger partial charge is 0.492 e. The van der Waals surface area contributed by atoms with Gasteiger partial charge in [0, 0.05) is 37.1 Å². The zero-order valence-corrected chi connectivity index (χ0v) is 16.3. The number of piperidine rings is 1. The molecular weight excluding hydrogens is 348 g/mol. The van der Waals surface area contributed by atoms with Gasteiger partial charge in [-0.05, 0) is 55.9 Å². The van der Waals surface area contributed by atoms with Crippen LogP contribution in [-0.4, -0.2) is 43.1 Å². The number of amides is 1. The number of ether oxygens (including phenoxy) is 1. The molecule has 0 bridgehead atoms. The first-order valence-electron chi connectivity index (χ1n) is 10.1. The fraction of sp³-hybridized carbons (Fsp3) is 0.667. The Balaban J connectivity index is 1.28. The molecular formula is C21H31ClN2O2. The van der Waals surface area contributed by atoms with E-state index in [2.05, 4.69) is 10.2 Å². The topological polar surface area (TPSA) is 41.6 Å². The van der Waals surface area contributed by atoms with E-state index in [1.54, 1.807) is 0 Å². The molecule has 1 aromatic carbocycles. The van der Waals surface area contributed by atoms with E-state index in [1.807, 2.05) is 24.3 Å². The van der Waals surface area contributed by atoms with Gasteiger partial charge in [-0.15, -0.1) is 0 Å². The SMILES string of the molecule is O=C(CC1CCCCC1)NC1CCN(CCOc2ccc(Cl)cc2)CC1. The molecule has 144 valence electrons. The van der Waals surface area contributed by atoms with Crippen molar-refractivity contribution in [3.8, 4) is 5.75 Å². The molecule has 1 aromatic rings. The summed E-state index contributed by atoms with van der Waals surface area (Å²) in [6.45, 7) is 3.66. The Bertz CT molecular complexity index is 550. The van der Waals surface area contributed by atoms with Crippen LogP contribution in [0, 0.1) is 5.92 Å². The molecule has 1 amide bonds. The maximum Gasteiger partial charge on any atom is 0.220 e. The summed E-state index contributed by atoms with van der Waals surface area (Å²) in [5.41, 5.74) is 0. The molecule has 2 fully saturated rings. The molecule has 0 unspecified atom stereocenters. The van der Waals surface area contributed by atoms with Gasteiger partial charge in [0.25, 0.3) is 0 Å². The van der Waals surface area contributed by atoms with Gasteiger partial charge in [-0.2, -0.15) is 0 Å². The van der Waals surface area contributed by atoms with Gasteiger partial charge in [0.05, 0.1) is 0 Å². The van der Waals surface area contributed by atoms with Gasteiger partial charge in [-0.25, -0.2) is 0 Å². The lowest BCUT2D eigenvalue weighted by atomic mass is 9.86. The van der Waals surface area contributed by atoms with Crippen molar-refractivity contribution in [2.75, 3.05) is 26.2 Å². The molecule has 1 heterocycles. The van der Waals surface area contributed by atoms with Crippen molar-refractivity contribution in [2.24, 2.45) is 5.92 Å². The van der Waals surface area contributed by atoms with Crippen LogP contribution < -0.4 is 10.1 Å². The highest BCUT2D eigenvalue weighted by atomic mass is 35.5. The number of carbonyl (C=O) groups excluding carboxylic acids is 1. The van der Waals surface area contributed by atoms with Crippen molar-refractivity contribution < 1.29 is 9.53 Å². The van der Waals surface area contributed by atoms with Gasteiger partial charge in [0.15, 0.2) is 0 Å². The van der Waals surface area contributed by atoms with Gasteiger partial charge in [-0.3, -0.25) is 9.69 Å². The summed E-state index contributed by atoms with van der Waals surface area (Å²) in [4.78, 5) is 14.7. The number of rotatable bonds is 7. The second-order valence-electron chi connectivity index (χ2n) is 7.69. The van der Waals surface area contributed by atoms with Crippen molar-refractivity contribution in [1.82, 2.24) is 10.2 Å². The van der Waals surface area contributed by atoms with Gasteiger partial charge >= 0.3 is 0 Å².